The molecule has 2 aliphatic rings. The molecule has 2 saturated heterocycles. The van der Waals surface area contributed by atoms with Crippen molar-refractivity contribution in [1.29, 1.82) is 0 Å². The molecule has 24 heavy (non-hydrogen) atoms. The van der Waals surface area contributed by atoms with Gasteiger partial charge < -0.3 is 54.1 Å². The average molecular weight is 374 g/mol. The molecule has 0 saturated carbocycles. The number of rotatable bonds is 5. The van der Waals surface area contributed by atoms with Crippen molar-refractivity contribution < 1.29 is 54.1 Å². The summed E-state index contributed by atoms with van der Waals surface area (Å²) >= 11 is 3.52. The van der Waals surface area contributed by atoms with E-state index in [4.69, 9.17) is 19.3 Å². The average Bonchev–Trinajstić information content (AvgIpc) is 2.57. The minimum Gasteiger partial charge on any atom is -0.394 e. The van der Waals surface area contributed by atoms with Gasteiger partial charge >= 0.3 is 0 Å². The van der Waals surface area contributed by atoms with Gasteiger partial charge in [0.15, 0.2) is 18.7 Å². The van der Waals surface area contributed by atoms with Crippen molar-refractivity contribution in [2.24, 2.45) is 0 Å². The van der Waals surface area contributed by atoms with E-state index in [1.165, 1.54) is 0 Å². The minimum absolute atomic E-state index is 0.643. The van der Waals surface area contributed by atoms with Crippen molar-refractivity contribution in [3.05, 3.63) is 0 Å². The van der Waals surface area contributed by atoms with Crippen LogP contribution >= 0.6 is 12.9 Å². The van der Waals surface area contributed by atoms with Gasteiger partial charge in [-0.1, -0.05) is 0 Å². The predicted octanol–water partition coefficient (Wildman–Crippen LogP) is -4.53. The first-order chi connectivity index (χ1) is 11.3. The lowest BCUT2D eigenvalue weighted by molar-refractivity contribution is -0.352. The molecule has 0 aromatic rings. The summed E-state index contributed by atoms with van der Waals surface area (Å²) < 4.78 is 20.2. The Morgan fingerprint density at radius 3 is 1.92 bits per heavy atom. The van der Waals surface area contributed by atoms with Gasteiger partial charge in [0, 0.05) is 0 Å². The molecule has 0 amide bonds. The normalized spacial score (nSPS) is 50.0. The minimum atomic E-state index is -1.70. The summed E-state index contributed by atoms with van der Waals surface area (Å²) in [4.78, 5) is 0. The van der Waals surface area contributed by atoms with Crippen molar-refractivity contribution in [1.82, 2.24) is 0 Å². The van der Waals surface area contributed by atoms with Crippen LogP contribution in [0.3, 0.4) is 0 Å². The van der Waals surface area contributed by atoms with Crippen LogP contribution in [-0.2, 0) is 18.4 Å². The molecule has 2 fully saturated rings. The van der Waals surface area contributed by atoms with Crippen LogP contribution in [0.1, 0.15) is 0 Å². The van der Waals surface area contributed by atoms with Crippen LogP contribution in [0.25, 0.3) is 0 Å². The number of hydrogen-bond acceptors (Lipinski definition) is 12. The van der Waals surface area contributed by atoms with Crippen molar-refractivity contribution in [2.45, 2.75) is 61.4 Å². The highest BCUT2D eigenvalue weighted by atomic mass is 32.1. The van der Waals surface area contributed by atoms with E-state index in [0.717, 1.165) is 0 Å². The molecule has 7 N–H and O–H groups in total. The molecule has 0 unspecified atom stereocenters. The Kier molecular flexibility index (Phi) is 7.19. The first-order valence-electron chi connectivity index (χ1n) is 7.24. The standard InChI is InChI=1S/C12H22O11S/c13-1-3-5(15)6(16)7(17)12(21-3)22-9-4(2-14)20-11(19)10(23-24)8(9)18/h3-19,24H,1-2H2/t3-,4-,5-,6+,7-,8+,9-,10-,11+,12+/m1/s1. The Bertz CT molecular complexity index is 399. The summed E-state index contributed by atoms with van der Waals surface area (Å²) in [6.07, 6.45) is -14.6. The second-order valence-electron chi connectivity index (χ2n) is 5.61. The fourth-order valence-corrected chi connectivity index (χ4v) is 2.90. The predicted molar refractivity (Wildman–Crippen MR) is 76.5 cm³/mol. The highest BCUT2D eigenvalue weighted by molar-refractivity contribution is 7.75. The zero-order valence-corrected chi connectivity index (χ0v) is 13.3. The molecule has 0 bridgehead atoms. The lowest BCUT2D eigenvalue weighted by Crippen LogP contribution is -2.64. The second-order valence-corrected chi connectivity index (χ2v) is 5.82. The van der Waals surface area contributed by atoms with Crippen LogP contribution in [0.15, 0.2) is 0 Å². The molecule has 0 aromatic carbocycles. The molecule has 11 nitrogen and oxygen atoms in total. The van der Waals surface area contributed by atoms with Gasteiger partial charge in [-0.2, -0.15) is 0 Å². The SMILES string of the molecule is OC[C@H]1O[C@@H](O[C@H]2[C@H](O)[C@@H](OS)[C@@H](O)O[C@@H]2CO)[C@H](O)[C@@H](O)[C@@H]1O. The maximum Gasteiger partial charge on any atom is 0.187 e. The van der Waals surface area contributed by atoms with Gasteiger partial charge in [-0.15, -0.1) is 0 Å². The summed E-state index contributed by atoms with van der Waals surface area (Å²) in [6, 6.07) is 0. The number of aliphatic hydroxyl groups is 7. The van der Waals surface area contributed by atoms with Gasteiger partial charge in [0.05, 0.1) is 13.2 Å². The molecule has 2 rings (SSSR count). The van der Waals surface area contributed by atoms with E-state index in [-0.39, 0.29) is 0 Å². The molecule has 2 heterocycles. The Morgan fingerprint density at radius 2 is 1.38 bits per heavy atom. The quantitative estimate of drug-likeness (QED) is 0.172. The third-order valence-corrected chi connectivity index (χ3v) is 4.32. The van der Waals surface area contributed by atoms with E-state index in [0.29, 0.717) is 0 Å². The Hall–Kier alpha value is -0.0900. The van der Waals surface area contributed by atoms with Gasteiger partial charge in [-0.05, 0) is 12.9 Å². The van der Waals surface area contributed by atoms with E-state index in [2.05, 4.69) is 17.1 Å². The monoisotopic (exact) mass is 374 g/mol. The van der Waals surface area contributed by atoms with Crippen LogP contribution in [0.4, 0.5) is 0 Å². The molecule has 10 atom stereocenters. The molecule has 142 valence electrons. The zero-order chi connectivity index (χ0) is 18.0. The Labute approximate surface area is 142 Å². The number of aliphatic hydroxyl groups excluding tert-OH is 7. The maximum atomic E-state index is 10.2. The van der Waals surface area contributed by atoms with Crippen LogP contribution in [0.2, 0.25) is 0 Å². The first-order valence-corrected chi connectivity index (χ1v) is 7.60. The first kappa shape index (κ1) is 20.2. The summed E-state index contributed by atoms with van der Waals surface area (Å²) in [5.41, 5.74) is 0. The number of thiol groups is 1. The lowest BCUT2D eigenvalue weighted by Gasteiger charge is -2.45. The van der Waals surface area contributed by atoms with Crippen molar-refractivity contribution >= 4 is 12.9 Å². The van der Waals surface area contributed by atoms with E-state index >= 15 is 0 Å². The third-order valence-electron chi connectivity index (χ3n) is 4.08. The fraction of sp³-hybridized carbons (Fsp3) is 1.00. The summed E-state index contributed by atoms with van der Waals surface area (Å²) in [7, 11) is 0. The molecule has 0 radical (unpaired) electrons. The molecule has 0 spiro atoms. The third kappa shape index (κ3) is 3.85. The number of hydrogen-bond donors (Lipinski definition) is 8. The topological polar surface area (TPSA) is 179 Å². The van der Waals surface area contributed by atoms with Crippen molar-refractivity contribution in [3.8, 4) is 0 Å². The van der Waals surface area contributed by atoms with Gasteiger partial charge in [-0.3, -0.25) is 0 Å². The second kappa shape index (κ2) is 8.53. The summed E-state index contributed by atoms with van der Waals surface area (Å²) in [5.74, 6) is 0. The van der Waals surface area contributed by atoms with Crippen molar-refractivity contribution in [3.63, 3.8) is 0 Å². The molecule has 0 aromatic heterocycles. The van der Waals surface area contributed by atoms with E-state index in [9.17, 15) is 30.6 Å². The van der Waals surface area contributed by atoms with E-state index < -0.39 is 74.6 Å². The Balaban J connectivity index is 2.14. The zero-order valence-electron chi connectivity index (χ0n) is 12.4. The van der Waals surface area contributed by atoms with Crippen LogP contribution in [0.5, 0.6) is 0 Å². The van der Waals surface area contributed by atoms with Crippen LogP contribution in [0, 0.1) is 0 Å². The van der Waals surface area contributed by atoms with Crippen LogP contribution < -0.4 is 0 Å². The number of ether oxygens (including phenoxy) is 3. The molecule has 2 aliphatic heterocycles. The molecule has 0 aliphatic carbocycles. The smallest absolute Gasteiger partial charge is 0.187 e. The van der Waals surface area contributed by atoms with E-state index in [1.807, 2.05) is 0 Å². The van der Waals surface area contributed by atoms with Gasteiger partial charge in [0.2, 0.25) is 0 Å². The van der Waals surface area contributed by atoms with E-state index in [1.54, 1.807) is 0 Å². The molecule has 12 heteroatoms. The van der Waals surface area contributed by atoms with Gasteiger partial charge in [0.25, 0.3) is 0 Å². The molecular formula is C12H22O11S. The highest BCUT2D eigenvalue weighted by Crippen LogP contribution is 2.29. The van der Waals surface area contributed by atoms with Gasteiger partial charge in [-0.25, -0.2) is 0 Å². The summed E-state index contributed by atoms with van der Waals surface area (Å²) in [6.45, 7) is -1.30. The van der Waals surface area contributed by atoms with Crippen molar-refractivity contribution in [2.75, 3.05) is 13.2 Å². The highest BCUT2D eigenvalue weighted by Gasteiger charge is 2.50. The lowest BCUT2D eigenvalue weighted by atomic mass is 9.97. The van der Waals surface area contributed by atoms with Crippen LogP contribution in [-0.4, -0.2) is 110 Å². The van der Waals surface area contributed by atoms with Gasteiger partial charge in [0.1, 0.15) is 42.7 Å². The fourth-order valence-electron chi connectivity index (χ4n) is 2.67. The largest absolute Gasteiger partial charge is 0.394 e. The Morgan fingerprint density at radius 1 is 0.750 bits per heavy atom. The summed E-state index contributed by atoms with van der Waals surface area (Å²) in [5, 5.41) is 67.7. The maximum absolute atomic E-state index is 10.2. The molecular weight excluding hydrogens is 352 g/mol.